The molecule has 1 aromatic heterocycles. The summed E-state index contributed by atoms with van der Waals surface area (Å²) in [5.41, 5.74) is 1.18. The summed E-state index contributed by atoms with van der Waals surface area (Å²) < 4.78 is 5.29. The van der Waals surface area contributed by atoms with E-state index in [0.29, 0.717) is 37.0 Å². The Labute approximate surface area is 109 Å². The number of morpholine rings is 1. The second kappa shape index (κ2) is 4.63. The number of rotatable bonds is 1. The van der Waals surface area contributed by atoms with Crippen molar-refractivity contribution in [2.75, 3.05) is 31.2 Å². The average molecular weight is 265 g/mol. The van der Waals surface area contributed by atoms with Gasteiger partial charge in [0.25, 0.3) is 5.56 Å². The van der Waals surface area contributed by atoms with Gasteiger partial charge in [-0.1, -0.05) is 29.8 Å². The van der Waals surface area contributed by atoms with E-state index >= 15 is 0 Å². The van der Waals surface area contributed by atoms with Gasteiger partial charge < -0.3 is 14.6 Å². The van der Waals surface area contributed by atoms with Gasteiger partial charge in [0.1, 0.15) is 5.69 Å². The Kier molecular flexibility index (Phi) is 2.97. The number of halogens is 1. The molecule has 0 amide bonds. The number of pyridine rings is 1. The lowest BCUT2D eigenvalue weighted by Gasteiger charge is -2.28. The Morgan fingerprint density at radius 3 is 2.72 bits per heavy atom. The fourth-order valence-corrected chi connectivity index (χ4v) is 2.63. The highest BCUT2D eigenvalue weighted by atomic mass is 35.5. The molecule has 1 N–H and O–H groups in total. The lowest BCUT2D eigenvalue weighted by atomic mass is 10.2. The summed E-state index contributed by atoms with van der Waals surface area (Å²) in [5.74, 6) is 0. The fourth-order valence-electron chi connectivity index (χ4n) is 2.26. The van der Waals surface area contributed by atoms with Crippen molar-refractivity contribution in [2.45, 2.75) is 0 Å². The third kappa shape index (κ3) is 1.87. The molecule has 0 aliphatic carbocycles. The summed E-state index contributed by atoms with van der Waals surface area (Å²) in [4.78, 5) is 17.0. The van der Waals surface area contributed by atoms with Crippen LogP contribution in [0.5, 0.6) is 0 Å². The molecule has 1 aliphatic heterocycles. The first-order valence-corrected chi connectivity index (χ1v) is 6.28. The van der Waals surface area contributed by atoms with E-state index < -0.39 is 0 Å². The van der Waals surface area contributed by atoms with Crippen LogP contribution < -0.4 is 10.5 Å². The maximum Gasteiger partial charge on any atom is 0.273 e. The number of nitrogens with zero attached hydrogens (tertiary/aromatic N) is 1. The van der Waals surface area contributed by atoms with Gasteiger partial charge in [-0.3, -0.25) is 4.79 Å². The lowest BCUT2D eigenvalue weighted by molar-refractivity contribution is 0.122. The van der Waals surface area contributed by atoms with Crippen molar-refractivity contribution in [3.05, 3.63) is 39.6 Å². The summed E-state index contributed by atoms with van der Waals surface area (Å²) >= 11 is 6.38. The molecule has 5 heteroatoms. The second-order valence-electron chi connectivity index (χ2n) is 4.26. The van der Waals surface area contributed by atoms with Gasteiger partial charge in [-0.25, -0.2) is 0 Å². The molecule has 1 fully saturated rings. The van der Waals surface area contributed by atoms with Crippen LogP contribution in [-0.2, 0) is 4.74 Å². The molecule has 3 rings (SSSR count). The first-order valence-electron chi connectivity index (χ1n) is 5.90. The van der Waals surface area contributed by atoms with Crippen LogP contribution in [0, 0.1) is 0 Å². The van der Waals surface area contributed by atoms with Crippen LogP contribution in [0.25, 0.3) is 10.9 Å². The van der Waals surface area contributed by atoms with Crippen LogP contribution in [-0.4, -0.2) is 31.3 Å². The molecule has 18 heavy (non-hydrogen) atoms. The first kappa shape index (κ1) is 11.6. The summed E-state index contributed by atoms with van der Waals surface area (Å²) in [5, 5.41) is 1.40. The fraction of sp³-hybridized carbons (Fsp3) is 0.308. The quantitative estimate of drug-likeness (QED) is 0.857. The van der Waals surface area contributed by atoms with Gasteiger partial charge >= 0.3 is 0 Å². The standard InChI is InChI=1S/C13H13ClN2O2/c14-11-9-3-1-2-4-10(9)15-13(17)12(11)16-5-7-18-8-6-16/h1-4H,5-8H2,(H,15,17). The molecule has 2 aromatic rings. The minimum absolute atomic E-state index is 0.138. The Morgan fingerprint density at radius 1 is 1.22 bits per heavy atom. The smallest absolute Gasteiger partial charge is 0.273 e. The molecule has 1 aromatic carbocycles. The van der Waals surface area contributed by atoms with Crippen molar-refractivity contribution in [2.24, 2.45) is 0 Å². The number of anilines is 1. The summed E-state index contributed by atoms with van der Waals surface area (Å²) in [6.45, 7) is 2.65. The molecule has 0 saturated carbocycles. The van der Waals surface area contributed by atoms with Gasteiger partial charge in [-0.05, 0) is 6.07 Å². The molecule has 0 radical (unpaired) electrons. The van der Waals surface area contributed by atoms with Gasteiger partial charge in [-0.2, -0.15) is 0 Å². The number of para-hydroxylation sites is 1. The van der Waals surface area contributed by atoms with E-state index in [9.17, 15) is 4.79 Å². The topological polar surface area (TPSA) is 45.3 Å². The number of hydrogen-bond donors (Lipinski definition) is 1. The minimum atomic E-state index is -0.138. The van der Waals surface area contributed by atoms with Crippen LogP contribution in [0.2, 0.25) is 5.02 Å². The largest absolute Gasteiger partial charge is 0.378 e. The average Bonchev–Trinajstić information content (AvgIpc) is 2.40. The van der Waals surface area contributed by atoms with Crippen LogP contribution >= 0.6 is 11.6 Å². The molecular formula is C13H13ClN2O2. The minimum Gasteiger partial charge on any atom is -0.378 e. The van der Waals surface area contributed by atoms with Gasteiger partial charge in [0.15, 0.2) is 0 Å². The Bertz CT molecular complexity index is 632. The molecule has 0 bridgehead atoms. The molecule has 0 atom stereocenters. The highest BCUT2D eigenvalue weighted by molar-refractivity contribution is 6.38. The maximum atomic E-state index is 12.1. The number of benzene rings is 1. The Hall–Kier alpha value is -1.52. The molecule has 94 valence electrons. The monoisotopic (exact) mass is 264 g/mol. The molecule has 2 heterocycles. The molecule has 1 saturated heterocycles. The van der Waals surface area contributed by atoms with E-state index in [1.54, 1.807) is 0 Å². The van der Waals surface area contributed by atoms with E-state index in [1.165, 1.54) is 0 Å². The van der Waals surface area contributed by atoms with Crippen LogP contribution in [0.15, 0.2) is 29.1 Å². The van der Waals surface area contributed by atoms with Gasteiger partial charge in [0.2, 0.25) is 0 Å². The van der Waals surface area contributed by atoms with E-state index in [4.69, 9.17) is 16.3 Å². The number of aromatic nitrogens is 1. The molecule has 0 unspecified atom stereocenters. The molecular weight excluding hydrogens is 252 g/mol. The lowest BCUT2D eigenvalue weighted by Crippen LogP contribution is -2.39. The third-order valence-corrected chi connectivity index (χ3v) is 3.54. The number of H-pyrrole nitrogens is 1. The van der Waals surface area contributed by atoms with E-state index in [0.717, 1.165) is 10.9 Å². The molecule has 1 aliphatic rings. The van der Waals surface area contributed by atoms with Crippen molar-refractivity contribution in [1.82, 2.24) is 4.98 Å². The number of hydrogen-bond acceptors (Lipinski definition) is 3. The highest BCUT2D eigenvalue weighted by Gasteiger charge is 2.19. The third-order valence-electron chi connectivity index (χ3n) is 3.16. The zero-order chi connectivity index (χ0) is 12.5. The van der Waals surface area contributed by atoms with Gasteiger partial charge in [0.05, 0.1) is 18.2 Å². The normalized spacial score (nSPS) is 16.2. The van der Waals surface area contributed by atoms with Crippen LogP contribution in [0.3, 0.4) is 0 Å². The van der Waals surface area contributed by atoms with Gasteiger partial charge in [-0.15, -0.1) is 0 Å². The SMILES string of the molecule is O=c1[nH]c2ccccc2c(Cl)c1N1CCOCC1. The first-order chi connectivity index (χ1) is 8.77. The van der Waals surface area contributed by atoms with E-state index in [-0.39, 0.29) is 5.56 Å². The van der Waals surface area contributed by atoms with E-state index in [2.05, 4.69) is 4.98 Å². The van der Waals surface area contributed by atoms with Crippen LogP contribution in [0.4, 0.5) is 5.69 Å². The maximum absolute atomic E-state index is 12.1. The van der Waals surface area contributed by atoms with Crippen molar-refractivity contribution < 1.29 is 4.74 Å². The summed E-state index contributed by atoms with van der Waals surface area (Å²) in [6.07, 6.45) is 0. The number of ether oxygens (including phenoxy) is 1. The van der Waals surface area contributed by atoms with Crippen molar-refractivity contribution >= 4 is 28.2 Å². The van der Waals surface area contributed by atoms with Crippen molar-refractivity contribution in [3.63, 3.8) is 0 Å². The second-order valence-corrected chi connectivity index (χ2v) is 4.64. The molecule has 4 nitrogen and oxygen atoms in total. The number of fused-ring (bicyclic) bond motifs is 1. The Morgan fingerprint density at radius 2 is 1.94 bits per heavy atom. The predicted molar refractivity (Wildman–Crippen MR) is 72.6 cm³/mol. The zero-order valence-electron chi connectivity index (χ0n) is 9.78. The predicted octanol–water partition coefficient (Wildman–Crippen LogP) is 2.02. The zero-order valence-corrected chi connectivity index (χ0v) is 10.5. The number of aromatic amines is 1. The summed E-state index contributed by atoms with van der Waals surface area (Å²) in [6, 6.07) is 7.56. The number of nitrogens with one attached hydrogen (secondary N) is 1. The Balaban J connectivity index is 2.19. The van der Waals surface area contributed by atoms with Gasteiger partial charge in [0, 0.05) is 24.0 Å². The summed E-state index contributed by atoms with van der Waals surface area (Å²) in [7, 11) is 0. The van der Waals surface area contributed by atoms with Crippen molar-refractivity contribution in [3.8, 4) is 0 Å². The van der Waals surface area contributed by atoms with Crippen LogP contribution in [0.1, 0.15) is 0 Å². The van der Waals surface area contributed by atoms with E-state index in [1.807, 2.05) is 29.2 Å². The molecule has 0 spiro atoms. The van der Waals surface area contributed by atoms with Crippen molar-refractivity contribution in [1.29, 1.82) is 0 Å². The highest BCUT2D eigenvalue weighted by Crippen LogP contribution is 2.29.